The molecule has 0 atom stereocenters. The van der Waals surface area contributed by atoms with Crippen molar-refractivity contribution < 1.29 is 22.0 Å². The van der Waals surface area contributed by atoms with Crippen LogP contribution in [0.4, 0.5) is 22.0 Å². The molecule has 1 aromatic rings. The van der Waals surface area contributed by atoms with Crippen molar-refractivity contribution in [2.75, 3.05) is 0 Å². The number of alkyl halides is 5. The van der Waals surface area contributed by atoms with E-state index in [1.54, 1.807) is 0 Å². The molecule has 0 aromatic carbocycles. The van der Waals surface area contributed by atoms with Crippen LogP contribution in [0.2, 0.25) is 0 Å². The molecule has 0 saturated heterocycles. The van der Waals surface area contributed by atoms with Crippen LogP contribution in [0.3, 0.4) is 0 Å². The highest BCUT2D eigenvalue weighted by molar-refractivity contribution is 5.26. The summed E-state index contributed by atoms with van der Waals surface area (Å²) in [5, 5.41) is 0. The van der Waals surface area contributed by atoms with Crippen LogP contribution in [0.5, 0.6) is 0 Å². The van der Waals surface area contributed by atoms with Crippen LogP contribution in [0.1, 0.15) is 23.4 Å². The Morgan fingerprint density at radius 1 is 1.38 bits per heavy atom. The van der Waals surface area contributed by atoms with Gasteiger partial charge in [-0.15, -0.1) is 0 Å². The van der Waals surface area contributed by atoms with Crippen LogP contribution < -0.4 is 11.2 Å². The van der Waals surface area contributed by atoms with E-state index in [0.29, 0.717) is 6.07 Å². The van der Waals surface area contributed by atoms with Crippen LogP contribution in [0.15, 0.2) is 10.9 Å². The molecule has 0 radical (unpaired) electrons. The second-order valence-corrected chi connectivity index (χ2v) is 2.95. The van der Waals surface area contributed by atoms with Crippen molar-refractivity contribution in [3.63, 3.8) is 0 Å². The van der Waals surface area contributed by atoms with Gasteiger partial charge in [0.15, 0.2) is 5.43 Å². The van der Waals surface area contributed by atoms with Gasteiger partial charge in [0, 0.05) is 18.2 Å². The van der Waals surface area contributed by atoms with Gasteiger partial charge in [0.2, 0.25) is 0 Å². The van der Waals surface area contributed by atoms with Crippen molar-refractivity contribution in [1.29, 1.82) is 0 Å². The first-order valence-corrected chi connectivity index (χ1v) is 4.09. The molecule has 1 aromatic heterocycles. The van der Waals surface area contributed by atoms with E-state index >= 15 is 0 Å². The number of hydrogen-bond donors (Lipinski definition) is 2. The lowest BCUT2D eigenvalue weighted by Gasteiger charge is -2.12. The number of hydrogen-bond acceptors (Lipinski definition) is 2. The predicted molar refractivity (Wildman–Crippen MR) is 44.9 cm³/mol. The molecule has 3 N–H and O–H groups in total. The standard InChI is InChI=1S/C8H7F5N2O/c9-7(10)4-1-5(16)3(2-14)6(15-4)8(11,12)13/h1,7H,2,14H2,(H,15,16). The monoisotopic (exact) mass is 242 g/mol. The van der Waals surface area contributed by atoms with Crippen molar-refractivity contribution in [1.82, 2.24) is 4.98 Å². The Kier molecular flexibility index (Phi) is 3.32. The van der Waals surface area contributed by atoms with E-state index in [0.717, 1.165) is 0 Å². The first kappa shape index (κ1) is 12.6. The van der Waals surface area contributed by atoms with Gasteiger partial charge in [-0.25, -0.2) is 8.78 Å². The van der Waals surface area contributed by atoms with E-state index in [-0.39, 0.29) is 0 Å². The summed E-state index contributed by atoms with van der Waals surface area (Å²) in [5.41, 5.74) is 0.474. The van der Waals surface area contributed by atoms with E-state index < -0.39 is 41.5 Å². The minimum absolute atomic E-state index is 0.419. The van der Waals surface area contributed by atoms with Crippen LogP contribution in [0, 0.1) is 0 Å². The van der Waals surface area contributed by atoms with Gasteiger partial charge in [-0.3, -0.25) is 4.79 Å². The first-order valence-electron chi connectivity index (χ1n) is 4.09. The number of nitrogens with two attached hydrogens (primary N) is 1. The van der Waals surface area contributed by atoms with Crippen LogP contribution in [0.25, 0.3) is 0 Å². The second-order valence-electron chi connectivity index (χ2n) is 2.95. The summed E-state index contributed by atoms with van der Waals surface area (Å²) in [4.78, 5) is 12.6. The van der Waals surface area contributed by atoms with Gasteiger partial charge >= 0.3 is 6.18 Å². The third kappa shape index (κ3) is 2.38. The quantitative estimate of drug-likeness (QED) is 0.777. The molecule has 0 spiro atoms. The van der Waals surface area contributed by atoms with Gasteiger partial charge in [0.05, 0.1) is 5.69 Å². The lowest BCUT2D eigenvalue weighted by Crippen LogP contribution is -2.24. The molecule has 0 fully saturated rings. The maximum absolute atomic E-state index is 12.4. The zero-order valence-corrected chi connectivity index (χ0v) is 7.74. The fourth-order valence-corrected chi connectivity index (χ4v) is 1.17. The molecule has 0 aliphatic carbocycles. The van der Waals surface area contributed by atoms with Crippen molar-refractivity contribution in [3.8, 4) is 0 Å². The highest BCUT2D eigenvalue weighted by Gasteiger charge is 2.36. The van der Waals surface area contributed by atoms with Gasteiger partial charge < -0.3 is 10.7 Å². The summed E-state index contributed by atoms with van der Waals surface area (Å²) < 4.78 is 61.5. The van der Waals surface area contributed by atoms with Crippen molar-refractivity contribution in [2.24, 2.45) is 5.73 Å². The summed E-state index contributed by atoms with van der Waals surface area (Å²) in [5.74, 6) is 0. The van der Waals surface area contributed by atoms with Gasteiger partial charge in [-0.1, -0.05) is 0 Å². The Labute approximate surface area is 86.1 Å². The molecule has 90 valence electrons. The number of aromatic nitrogens is 1. The summed E-state index contributed by atoms with van der Waals surface area (Å²) in [6, 6.07) is 0.419. The van der Waals surface area contributed by atoms with Gasteiger partial charge in [-0.05, 0) is 0 Å². The van der Waals surface area contributed by atoms with Crippen LogP contribution >= 0.6 is 0 Å². The smallest absolute Gasteiger partial charge is 0.350 e. The topological polar surface area (TPSA) is 58.9 Å². The van der Waals surface area contributed by atoms with Crippen molar-refractivity contribution in [2.45, 2.75) is 19.1 Å². The highest BCUT2D eigenvalue weighted by atomic mass is 19.4. The third-order valence-electron chi connectivity index (χ3n) is 1.88. The Balaban J connectivity index is 3.50. The van der Waals surface area contributed by atoms with E-state index in [9.17, 15) is 26.7 Å². The van der Waals surface area contributed by atoms with Crippen LogP contribution in [-0.4, -0.2) is 4.98 Å². The van der Waals surface area contributed by atoms with Crippen LogP contribution in [-0.2, 0) is 12.7 Å². The highest BCUT2D eigenvalue weighted by Crippen LogP contribution is 2.30. The number of nitrogens with one attached hydrogen (secondary N) is 1. The molecule has 0 amide bonds. The largest absolute Gasteiger partial charge is 0.431 e. The number of H-pyrrole nitrogens is 1. The molecule has 3 nitrogen and oxygen atoms in total. The van der Waals surface area contributed by atoms with E-state index in [1.807, 2.05) is 0 Å². The molecule has 0 unspecified atom stereocenters. The number of halogens is 5. The molecular formula is C8H7F5N2O. The van der Waals surface area contributed by atoms with E-state index in [4.69, 9.17) is 5.73 Å². The van der Waals surface area contributed by atoms with Crippen molar-refractivity contribution in [3.05, 3.63) is 33.2 Å². The molecule has 0 saturated carbocycles. The summed E-state index contributed by atoms with van der Waals surface area (Å²) in [6.45, 7) is -0.673. The maximum atomic E-state index is 12.4. The lowest BCUT2D eigenvalue weighted by molar-refractivity contribution is -0.142. The number of rotatable bonds is 2. The normalized spacial score (nSPS) is 12.2. The molecule has 16 heavy (non-hydrogen) atoms. The second kappa shape index (κ2) is 4.20. The van der Waals surface area contributed by atoms with E-state index in [2.05, 4.69) is 0 Å². The van der Waals surface area contributed by atoms with Gasteiger partial charge in [0.25, 0.3) is 6.43 Å². The fourth-order valence-electron chi connectivity index (χ4n) is 1.17. The predicted octanol–water partition coefficient (Wildman–Crippen LogP) is 1.79. The molecular weight excluding hydrogens is 235 g/mol. The summed E-state index contributed by atoms with van der Waals surface area (Å²) >= 11 is 0. The lowest BCUT2D eigenvalue weighted by atomic mass is 10.1. The first-order chi connectivity index (χ1) is 7.27. The zero-order chi connectivity index (χ0) is 12.5. The Morgan fingerprint density at radius 2 is 1.94 bits per heavy atom. The third-order valence-corrected chi connectivity index (χ3v) is 1.88. The Hall–Kier alpha value is -1.44. The average Bonchev–Trinajstić information content (AvgIpc) is 2.14. The van der Waals surface area contributed by atoms with Gasteiger partial charge in [0.1, 0.15) is 5.69 Å². The maximum Gasteiger partial charge on any atom is 0.431 e. The number of pyridine rings is 1. The molecule has 1 heterocycles. The van der Waals surface area contributed by atoms with E-state index in [1.165, 1.54) is 4.98 Å². The SMILES string of the molecule is NCc1c(C(F)(F)F)[nH]c(C(F)F)cc1=O. The molecule has 1 rings (SSSR count). The summed E-state index contributed by atoms with van der Waals surface area (Å²) in [7, 11) is 0. The summed E-state index contributed by atoms with van der Waals surface area (Å²) in [6.07, 6.45) is -8.10. The molecule has 0 aliphatic heterocycles. The molecule has 0 bridgehead atoms. The average molecular weight is 242 g/mol. The number of aromatic amines is 1. The minimum atomic E-state index is -4.92. The fraction of sp³-hybridized carbons (Fsp3) is 0.375. The Bertz CT molecular complexity index is 437. The zero-order valence-electron chi connectivity index (χ0n) is 7.74. The Morgan fingerprint density at radius 3 is 2.31 bits per heavy atom. The van der Waals surface area contributed by atoms with Gasteiger partial charge in [-0.2, -0.15) is 13.2 Å². The molecule has 0 aliphatic rings. The van der Waals surface area contributed by atoms with Crippen molar-refractivity contribution >= 4 is 0 Å². The molecule has 8 heteroatoms. The minimum Gasteiger partial charge on any atom is -0.350 e.